The third-order valence-corrected chi connectivity index (χ3v) is 7.19. The molecule has 0 unspecified atom stereocenters. The van der Waals surface area contributed by atoms with Crippen molar-refractivity contribution in [3.05, 3.63) is 41.6 Å². The summed E-state index contributed by atoms with van der Waals surface area (Å²) in [7, 11) is -3.61. The number of aromatic nitrogens is 2. The standard InChI is InChI=1S/C21H28N4O3S/c26-21(23-20-13-18(24-25-20)11-15-5-2-1-3-6-15)17-7-4-8-19(12-17)29(27,28)22-14-16-9-10-16/h4,7-8,12-13,15-16,22H,1-3,5-6,9-11,14H2,(H2,23,24,25,26). The van der Waals surface area contributed by atoms with Gasteiger partial charge in [0.05, 0.1) is 4.90 Å². The smallest absolute Gasteiger partial charge is 0.256 e. The first-order valence-corrected chi connectivity index (χ1v) is 11.9. The van der Waals surface area contributed by atoms with Crippen molar-refractivity contribution in [3.63, 3.8) is 0 Å². The van der Waals surface area contributed by atoms with E-state index in [0.717, 1.165) is 25.0 Å². The van der Waals surface area contributed by atoms with Crippen molar-refractivity contribution in [1.29, 1.82) is 0 Å². The zero-order valence-corrected chi connectivity index (χ0v) is 17.3. The Balaban J connectivity index is 1.38. The lowest BCUT2D eigenvalue weighted by Gasteiger charge is -2.20. The second-order valence-electron chi connectivity index (χ2n) is 8.26. The highest BCUT2D eigenvalue weighted by molar-refractivity contribution is 7.89. The topological polar surface area (TPSA) is 104 Å². The number of carbonyl (C=O) groups is 1. The maximum Gasteiger partial charge on any atom is 0.256 e. The average molecular weight is 417 g/mol. The zero-order valence-electron chi connectivity index (χ0n) is 16.5. The van der Waals surface area contributed by atoms with E-state index in [9.17, 15) is 13.2 Å². The molecule has 1 heterocycles. The summed E-state index contributed by atoms with van der Waals surface area (Å²) in [5.41, 5.74) is 1.31. The van der Waals surface area contributed by atoms with Gasteiger partial charge in [-0.25, -0.2) is 13.1 Å². The molecule has 4 rings (SSSR count). The largest absolute Gasteiger partial charge is 0.305 e. The molecule has 2 aromatic rings. The first kappa shape index (κ1) is 20.1. The molecule has 3 N–H and O–H groups in total. The van der Waals surface area contributed by atoms with Gasteiger partial charge in [0.2, 0.25) is 10.0 Å². The van der Waals surface area contributed by atoms with Crippen LogP contribution in [-0.2, 0) is 16.4 Å². The highest BCUT2D eigenvalue weighted by atomic mass is 32.2. The molecule has 7 nitrogen and oxygen atoms in total. The molecule has 2 aliphatic carbocycles. The number of nitrogens with one attached hydrogen (secondary N) is 3. The van der Waals surface area contributed by atoms with Crippen molar-refractivity contribution < 1.29 is 13.2 Å². The molecular formula is C21H28N4O3S. The number of carbonyl (C=O) groups excluding carboxylic acids is 1. The molecule has 2 aliphatic rings. The van der Waals surface area contributed by atoms with Crippen LogP contribution in [0.2, 0.25) is 0 Å². The molecule has 1 amide bonds. The first-order valence-electron chi connectivity index (χ1n) is 10.4. The lowest BCUT2D eigenvalue weighted by molar-refractivity contribution is 0.102. The number of hydrogen-bond acceptors (Lipinski definition) is 4. The molecule has 0 bridgehead atoms. The Kier molecular flexibility index (Phi) is 6.01. The van der Waals surface area contributed by atoms with Gasteiger partial charge in [0, 0.05) is 23.9 Å². The quantitative estimate of drug-likeness (QED) is 0.613. The van der Waals surface area contributed by atoms with Gasteiger partial charge in [0.15, 0.2) is 5.82 Å². The van der Waals surface area contributed by atoms with Crippen molar-refractivity contribution in [2.45, 2.75) is 56.3 Å². The Hall–Kier alpha value is -2.19. The van der Waals surface area contributed by atoms with Crippen molar-refractivity contribution in [3.8, 4) is 0 Å². The zero-order chi connectivity index (χ0) is 20.3. The first-order chi connectivity index (χ1) is 14.0. The molecule has 0 aliphatic heterocycles. The summed E-state index contributed by atoms with van der Waals surface area (Å²) >= 11 is 0. The van der Waals surface area contributed by atoms with Crippen LogP contribution in [0.15, 0.2) is 35.2 Å². The van der Waals surface area contributed by atoms with E-state index in [1.165, 1.54) is 44.2 Å². The van der Waals surface area contributed by atoms with Gasteiger partial charge in [-0.15, -0.1) is 0 Å². The highest BCUT2D eigenvalue weighted by Crippen LogP contribution is 2.28. The van der Waals surface area contributed by atoms with E-state index < -0.39 is 10.0 Å². The van der Waals surface area contributed by atoms with Crippen molar-refractivity contribution in [2.75, 3.05) is 11.9 Å². The normalized spacial score (nSPS) is 17.9. The molecule has 0 radical (unpaired) electrons. The summed E-state index contributed by atoms with van der Waals surface area (Å²) in [6.07, 6.45) is 9.48. The van der Waals surface area contributed by atoms with Crippen molar-refractivity contribution in [1.82, 2.24) is 14.9 Å². The van der Waals surface area contributed by atoms with Gasteiger partial charge in [-0.3, -0.25) is 9.89 Å². The van der Waals surface area contributed by atoms with E-state index in [-0.39, 0.29) is 16.4 Å². The molecule has 2 fully saturated rings. The third-order valence-electron chi connectivity index (χ3n) is 5.77. The summed E-state index contributed by atoms with van der Waals surface area (Å²) in [4.78, 5) is 12.7. The Morgan fingerprint density at radius 3 is 2.62 bits per heavy atom. The summed E-state index contributed by atoms with van der Waals surface area (Å²) in [5, 5.41) is 9.95. The summed E-state index contributed by atoms with van der Waals surface area (Å²) < 4.78 is 27.5. The number of anilines is 1. The van der Waals surface area contributed by atoms with Crippen LogP contribution in [0.25, 0.3) is 0 Å². The minimum atomic E-state index is -3.61. The number of hydrogen-bond donors (Lipinski definition) is 3. The maximum absolute atomic E-state index is 12.6. The Bertz CT molecular complexity index is 960. The van der Waals surface area contributed by atoms with Crippen LogP contribution in [0.3, 0.4) is 0 Å². The molecule has 29 heavy (non-hydrogen) atoms. The van der Waals surface area contributed by atoms with Gasteiger partial charge in [-0.05, 0) is 49.3 Å². The highest BCUT2D eigenvalue weighted by Gasteiger charge is 2.24. The number of sulfonamides is 1. The fourth-order valence-corrected chi connectivity index (χ4v) is 5.02. The molecular weight excluding hydrogens is 388 g/mol. The van der Waals surface area contributed by atoms with Gasteiger partial charge in [0.1, 0.15) is 0 Å². The Morgan fingerprint density at radius 2 is 1.86 bits per heavy atom. The average Bonchev–Trinajstić information content (AvgIpc) is 3.47. The molecule has 2 saturated carbocycles. The second kappa shape index (κ2) is 8.67. The second-order valence-corrected chi connectivity index (χ2v) is 10.0. The minimum Gasteiger partial charge on any atom is -0.305 e. The Labute approximate surface area is 171 Å². The number of nitrogens with zero attached hydrogens (tertiary/aromatic N) is 1. The van der Waals surface area contributed by atoms with Crippen molar-refractivity contribution >= 4 is 21.7 Å². The summed E-state index contributed by atoms with van der Waals surface area (Å²) in [6.45, 7) is 0.454. The molecule has 1 aromatic heterocycles. The number of H-pyrrole nitrogens is 1. The maximum atomic E-state index is 12.6. The van der Waals surface area contributed by atoms with Crippen LogP contribution >= 0.6 is 0 Å². The van der Waals surface area contributed by atoms with E-state index in [0.29, 0.717) is 24.2 Å². The van der Waals surface area contributed by atoms with Crippen LogP contribution in [0.5, 0.6) is 0 Å². The number of aromatic amines is 1. The van der Waals surface area contributed by atoms with E-state index in [4.69, 9.17) is 0 Å². The lowest BCUT2D eigenvalue weighted by Crippen LogP contribution is -2.26. The van der Waals surface area contributed by atoms with E-state index in [1.54, 1.807) is 12.1 Å². The van der Waals surface area contributed by atoms with E-state index >= 15 is 0 Å². The minimum absolute atomic E-state index is 0.103. The Morgan fingerprint density at radius 1 is 1.07 bits per heavy atom. The SMILES string of the molecule is O=C(Nc1cc(CC2CCCCC2)[nH]n1)c1cccc(S(=O)(=O)NCC2CC2)c1. The van der Waals surface area contributed by atoms with Gasteiger partial charge in [-0.2, -0.15) is 5.10 Å². The van der Waals surface area contributed by atoms with E-state index in [2.05, 4.69) is 20.2 Å². The van der Waals surface area contributed by atoms with Crippen LogP contribution in [0.1, 0.15) is 61.0 Å². The van der Waals surface area contributed by atoms with Crippen LogP contribution < -0.4 is 10.0 Å². The molecule has 156 valence electrons. The van der Waals surface area contributed by atoms with Gasteiger partial charge in [0.25, 0.3) is 5.91 Å². The fourth-order valence-electron chi connectivity index (χ4n) is 3.86. The van der Waals surface area contributed by atoms with E-state index in [1.807, 2.05) is 6.07 Å². The monoisotopic (exact) mass is 416 g/mol. The fraction of sp³-hybridized carbons (Fsp3) is 0.524. The van der Waals surface area contributed by atoms with Gasteiger partial charge in [-0.1, -0.05) is 38.2 Å². The molecule has 0 spiro atoms. The molecule has 0 atom stereocenters. The number of rotatable bonds is 8. The molecule has 0 saturated heterocycles. The summed E-state index contributed by atoms with van der Waals surface area (Å²) in [5.74, 6) is 1.21. The third kappa shape index (κ3) is 5.45. The predicted octanol–water partition coefficient (Wildman–Crippen LogP) is 3.47. The lowest BCUT2D eigenvalue weighted by atomic mass is 9.86. The van der Waals surface area contributed by atoms with Gasteiger partial charge >= 0.3 is 0 Å². The molecule has 8 heteroatoms. The molecule has 1 aromatic carbocycles. The van der Waals surface area contributed by atoms with Crippen LogP contribution in [0, 0.1) is 11.8 Å². The van der Waals surface area contributed by atoms with Crippen molar-refractivity contribution in [2.24, 2.45) is 11.8 Å². The number of amides is 1. The van der Waals surface area contributed by atoms with Gasteiger partial charge < -0.3 is 5.32 Å². The van der Waals surface area contributed by atoms with Crippen LogP contribution in [0.4, 0.5) is 5.82 Å². The number of benzene rings is 1. The van der Waals surface area contributed by atoms with Crippen LogP contribution in [-0.4, -0.2) is 31.1 Å². The predicted molar refractivity (Wildman–Crippen MR) is 111 cm³/mol. The summed E-state index contributed by atoms with van der Waals surface area (Å²) in [6, 6.07) is 7.96.